The first-order valence-corrected chi connectivity index (χ1v) is 11.7. The van der Waals surface area contributed by atoms with Gasteiger partial charge in [0.1, 0.15) is 0 Å². The molecule has 9 nitrogen and oxygen atoms in total. The molecule has 0 spiro atoms. The Morgan fingerprint density at radius 2 is 1.91 bits per heavy atom. The van der Waals surface area contributed by atoms with Crippen LogP contribution in [0.25, 0.3) is 27.8 Å². The number of morpholine rings is 1. The molecule has 35 heavy (non-hydrogen) atoms. The molecule has 5 aromatic rings. The van der Waals surface area contributed by atoms with Crippen molar-refractivity contribution in [3.63, 3.8) is 0 Å². The van der Waals surface area contributed by atoms with Gasteiger partial charge < -0.3 is 14.6 Å². The number of rotatable bonds is 5. The Morgan fingerprint density at radius 3 is 2.74 bits per heavy atom. The molecule has 9 heteroatoms. The minimum absolute atomic E-state index is 0.642. The normalized spacial score (nSPS) is 14.4. The van der Waals surface area contributed by atoms with E-state index in [1.165, 1.54) is 16.6 Å². The van der Waals surface area contributed by atoms with Crippen LogP contribution in [0.1, 0.15) is 16.8 Å². The monoisotopic (exact) mass is 466 g/mol. The van der Waals surface area contributed by atoms with Crippen molar-refractivity contribution < 1.29 is 4.74 Å². The number of nitrogens with zero attached hydrogens (tertiary/aromatic N) is 6. The summed E-state index contributed by atoms with van der Waals surface area (Å²) in [6.07, 6.45) is 7.29. The Balaban J connectivity index is 1.33. The van der Waals surface area contributed by atoms with Crippen LogP contribution in [0.4, 0.5) is 11.5 Å². The SMILES string of the molecule is Cc1[nH]c2ccc(C=NNc3cc(N4CCOCC4)c4nc(-c5ccncc5)cn4n3)cc2c1C. The number of hydrogen-bond acceptors (Lipinski definition) is 7. The Morgan fingerprint density at radius 1 is 1.09 bits per heavy atom. The van der Waals surface area contributed by atoms with E-state index in [-0.39, 0.29) is 0 Å². The molecule has 0 atom stereocenters. The van der Waals surface area contributed by atoms with Gasteiger partial charge in [0.05, 0.1) is 37.0 Å². The second-order valence-corrected chi connectivity index (χ2v) is 8.69. The van der Waals surface area contributed by atoms with Gasteiger partial charge in [-0.25, -0.2) is 9.50 Å². The number of aryl methyl sites for hydroxylation is 2. The van der Waals surface area contributed by atoms with E-state index in [0.29, 0.717) is 19.0 Å². The summed E-state index contributed by atoms with van der Waals surface area (Å²) in [5.74, 6) is 0.642. The van der Waals surface area contributed by atoms with E-state index in [1.54, 1.807) is 12.4 Å². The van der Waals surface area contributed by atoms with Crippen LogP contribution in [0.15, 0.2) is 60.1 Å². The average Bonchev–Trinajstić information content (AvgIpc) is 3.45. The smallest absolute Gasteiger partial charge is 0.177 e. The van der Waals surface area contributed by atoms with E-state index in [4.69, 9.17) is 14.8 Å². The van der Waals surface area contributed by atoms with Gasteiger partial charge in [-0.2, -0.15) is 5.10 Å². The third-order valence-electron chi connectivity index (χ3n) is 6.46. The second kappa shape index (κ2) is 8.84. The predicted octanol–water partition coefficient (Wildman–Crippen LogP) is 4.17. The average molecular weight is 467 g/mol. The van der Waals surface area contributed by atoms with E-state index in [9.17, 15) is 0 Å². The molecule has 0 saturated carbocycles. The number of aromatic amines is 1. The fraction of sp³-hybridized carbons (Fsp3) is 0.231. The maximum Gasteiger partial charge on any atom is 0.177 e. The summed E-state index contributed by atoms with van der Waals surface area (Å²) in [7, 11) is 0. The zero-order valence-corrected chi connectivity index (χ0v) is 19.7. The molecule has 1 fully saturated rings. The van der Waals surface area contributed by atoms with Gasteiger partial charge in [0.15, 0.2) is 11.5 Å². The third kappa shape index (κ3) is 4.10. The van der Waals surface area contributed by atoms with Crippen LogP contribution in [-0.4, -0.2) is 57.1 Å². The Labute approximate surface area is 202 Å². The van der Waals surface area contributed by atoms with Crippen molar-refractivity contribution in [3.05, 3.63) is 71.8 Å². The van der Waals surface area contributed by atoms with E-state index in [2.05, 4.69) is 57.4 Å². The predicted molar refractivity (Wildman–Crippen MR) is 138 cm³/mol. The lowest BCUT2D eigenvalue weighted by molar-refractivity contribution is 0.123. The Bertz CT molecular complexity index is 1530. The molecule has 1 saturated heterocycles. The Kier molecular flexibility index (Phi) is 5.38. The summed E-state index contributed by atoms with van der Waals surface area (Å²) in [5.41, 5.74) is 11.4. The molecule has 0 bridgehead atoms. The van der Waals surface area contributed by atoms with Crippen LogP contribution in [-0.2, 0) is 4.74 Å². The van der Waals surface area contributed by atoms with Gasteiger partial charge in [0.2, 0.25) is 0 Å². The van der Waals surface area contributed by atoms with E-state index in [1.807, 2.05) is 35.1 Å². The van der Waals surface area contributed by atoms with Crippen LogP contribution in [0.3, 0.4) is 0 Å². The second-order valence-electron chi connectivity index (χ2n) is 8.69. The summed E-state index contributed by atoms with van der Waals surface area (Å²) >= 11 is 0. The van der Waals surface area contributed by atoms with Gasteiger partial charge in [0.25, 0.3) is 0 Å². The van der Waals surface area contributed by atoms with Gasteiger partial charge in [-0.05, 0) is 49.2 Å². The first kappa shape index (κ1) is 21.3. The van der Waals surface area contributed by atoms with Crippen molar-refractivity contribution in [2.24, 2.45) is 5.10 Å². The molecular weight excluding hydrogens is 440 g/mol. The van der Waals surface area contributed by atoms with Gasteiger partial charge >= 0.3 is 0 Å². The van der Waals surface area contributed by atoms with Crippen molar-refractivity contribution in [1.82, 2.24) is 24.6 Å². The molecule has 1 aliphatic heterocycles. The van der Waals surface area contributed by atoms with Crippen molar-refractivity contribution in [1.29, 1.82) is 0 Å². The number of imidazole rings is 1. The molecular formula is C26H26N8O. The first-order valence-electron chi connectivity index (χ1n) is 11.7. The van der Waals surface area contributed by atoms with Crippen molar-refractivity contribution >= 4 is 34.3 Å². The number of pyridine rings is 1. The van der Waals surface area contributed by atoms with E-state index >= 15 is 0 Å². The number of hydrogen-bond donors (Lipinski definition) is 2. The molecule has 1 aromatic carbocycles. The Hall–Kier alpha value is -4.24. The van der Waals surface area contributed by atoms with E-state index < -0.39 is 0 Å². The minimum atomic E-state index is 0.642. The number of aromatic nitrogens is 5. The number of benzene rings is 1. The van der Waals surface area contributed by atoms with Crippen molar-refractivity contribution in [3.8, 4) is 11.3 Å². The van der Waals surface area contributed by atoms with Crippen LogP contribution < -0.4 is 10.3 Å². The maximum absolute atomic E-state index is 5.56. The van der Waals surface area contributed by atoms with Gasteiger partial charge in [-0.15, -0.1) is 5.10 Å². The molecule has 5 heterocycles. The minimum Gasteiger partial charge on any atom is -0.378 e. The summed E-state index contributed by atoms with van der Waals surface area (Å²) < 4.78 is 7.38. The summed E-state index contributed by atoms with van der Waals surface area (Å²) in [4.78, 5) is 14.7. The molecule has 1 aliphatic rings. The molecule has 0 unspecified atom stereocenters. The quantitative estimate of drug-likeness (QED) is 0.298. The van der Waals surface area contributed by atoms with E-state index in [0.717, 1.165) is 46.8 Å². The maximum atomic E-state index is 5.56. The van der Waals surface area contributed by atoms with Crippen LogP contribution >= 0.6 is 0 Å². The lowest BCUT2D eigenvalue weighted by Gasteiger charge is -2.29. The summed E-state index contributed by atoms with van der Waals surface area (Å²) in [5, 5.41) is 10.4. The fourth-order valence-corrected chi connectivity index (χ4v) is 4.45. The lowest BCUT2D eigenvalue weighted by Crippen LogP contribution is -2.36. The molecule has 2 N–H and O–H groups in total. The standard InChI is InChI=1S/C26H26N8O/c1-17-18(2)29-22-4-3-19(13-21(17)22)15-28-31-25-14-24(33-9-11-35-12-10-33)26-30-23(16-34(26)32-25)20-5-7-27-8-6-20/h3-8,13-16,29H,9-12H2,1-2H3,(H,31,32). The van der Waals surface area contributed by atoms with Crippen LogP contribution in [0, 0.1) is 13.8 Å². The zero-order valence-electron chi connectivity index (χ0n) is 19.7. The number of anilines is 2. The first-order chi connectivity index (χ1) is 17.2. The number of nitrogens with one attached hydrogen (secondary N) is 2. The molecule has 6 rings (SSSR count). The van der Waals surface area contributed by atoms with Gasteiger partial charge in [-0.3, -0.25) is 10.4 Å². The highest BCUT2D eigenvalue weighted by Gasteiger charge is 2.19. The summed E-state index contributed by atoms with van der Waals surface area (Å²) in [6.45, 7) is 7.20. The number of hydrazone groups is 1. The highest BCUT2D eigenvalue weighted by Crippen LogP contribution is 2.28. The van der Waals surface area contributed by atoms with Crippen LogP contribution in [0.2, 0.25) is 0 Å². The summed E-state index contributed by atoms with van der Waals surface area (Å²) in [6, 6.07) is 12.2. The number of fused-ring (bicyclic) bond motifs is 2. The highest BCUT2D eigenvalue weighted by molar-refractivity contribution is 5.91. The zero-order chi connectivity index (χ0) is 23.8. The topological polar surface area (TPSA) is 95.7 Å². The lowest BCUT2D eigenvalue weighted by atomic mass is 10.1. The molecule has 0 aliphatic carbocycles. The number of H-pyrrole nitrogens is 1. The molecule has 176 valence electrons. The molecule has 4 aromatic heterocycles. The largest absolute Gasteiger partial charge is 0.378 e. The molecule has 0 amide bonds. The third-order valence-corrected chi connectivity index (χ3v) is 6.46. The number of ether oxygens (including phenoxy) is 1. The van der Waals surface area contributed by atoms with Gasteiger partial charge in [0, 0.05) is 53.7 Å². The highest BCUT2D eigenvalue weighted by atomic mass is 16.5. The van der Waals surface area contributed by atoms with Crippen molar-refractivity contribution in [2.45, 2.75) is 13.8 Å². The van der Waals surface area contributed by atoms with Crippen molar-refractivity contribution in [2.75, 3.05) is 36.6 Å². The van der Waals surface area contributed by atoms with Gasteiger partial charge in [-0.1, -0.05) is 6.07 Å². The molecule has 0 radical (unpaired) electrons. The van der Waals surface area contributed by atoms with Crippen LogP contribution in [0.5, 0.6) is 0 Å². The fourth-order valence-electron chi connectivity index (χ4n) is 4.45.